The third-order valence-corrected chi connectivity index (χ3v) is 1.41. The molecule has 0 aliphatic heterocycles. The summed E-state index contributed by atoms with van der Waals surface area (Å²) < 4.78 is 4.57. The number of hydrogen-bond acceptors (Lipinski definition) is 3. The van der Waals surface area contributed by atoms with Crippen molar-refractivity contribution >= 4 is 17.6 Å². The van der Waals surface area contributed by atoms with E-state index in [4.69, 9.17) is 11.6 Å². The molecule has 0 aliphatic rings. The summed E-state index contributed by atoms with van der Waals surface area (Å²) in [6.45, 7) is 1.85. The molecule has 0 unspecified atom stereocenters. The average Bonchev–Trinajstić information content (AvgIpc) is 2.05. The normalized spacial score (nSPS) is 9.50. The topological polar surface area (TPSA) is 39.2 Å². The largest absolute Gasteiger partial charge is 0.446 e. The molecular weight excluding hydrogens is 178 g/mol. The van der Waals surface area contributed by atoms with Gasteiger partial charge in [-0.3, -0.25) is 4.98 Å². The lowest BCUT2D eigenvalue weighted by Gasteiger charge is -1.99. The monoisotopic (exact) mass is 185 g/mol. The molecule has 1 aromatic rings. The van der Waals surface area contributed by atoms with Gasteiger partial charge in [0.15, 0.2) is 6.07 Å². The van der Waals surface area contributed by atoms with E-state index in [9.17, 15) is 4.79 Å². The summed E-state index contributed by atoms with van der Waals surface area (Å²) in [5, 5.41) is 0. The van der Waals surface area contributed by atoms with Crippen LogP contribution in [-0.2, 0) is 4.74 Å². The molecule has 1 rings (SSSR count). The second kappa shape index (κ2) is 4.07. The van der Waals surface area contributed by atoms with E-state index in [0.717, 1.165) is 5.56 Å². The molecule has 0 bridgehead atoms. The van der Waals surface area contributed by atoms with Crippen LogP contribution in [-0.4, -0.2) is 17.0 Å². The first-order chi connectivity index (χ1) is 5.74. The van der Waals surface area contributed by atoms with Gasteiger partial charge in [0.1, 0.15) is 0 Å². The third-order valence-electron chi connectivity index (χ3n) is 1.30. The zero-order chi connectivity index (χ0) is 8.97. The fourth-order valence-electron chi connectivity index (χ4n) is 0.799. The van der Waals surface area contributed by atoms with Crippen molar-refractivity contribution in [1.82, 2.24) is 4.98 Å². The van der Waals surface area contributed by atoms with Gasteiger partial charge in [-0.15, -0.1) is 0 Å². The Kier molecular flexibility index (Phi) is 3.05. The van der Waals surface area contributed by atoms with Crippen molar-refractivity contribution in [3.8, 4) is 0 Å². The van der Waals surface area contributed by atoms with Crippen molar-refractivity contribution in [2.24, 2.45) is 0 Å². The number of nitrogens with zero attached hydrogens (tertiary/aromatic N) is 1. The van der Waals surface area contributed by atoms with Crippen LogP contribution in [0.3, 0.4) is 0 Å². The fraction of sp³-hybridized carbons (Fsp3) is 0.250. The van der Waals surface area contributed by atoms with Gasteiger partial charge in [0.05, 0.1) is 5.56 Å². The van der Waals surface area contributed by atoms with Crippen LogP contribution >= 0.6 is 11.6 Å². The quantitative estimate of drug-likeness (QED) is 0.521. The number of carbonyl (C=O) groups excluding carboxylic acids is 1. The second-order valence-electron chi connectivity index (χ2n) is 2.29. The lowest BCUT2D eigenvalue weighted by Crippen LogP contribution is -2.04. The van der Waals surface area contributed by atoms with E-state index >= 15 is 0 Å². The Bertz CT molecular complexity index is 288. The van der Waals surface area contributed by atoms with Gasteiger partial charge < -0.3 is 4.74 Å². The zero-order valence-corrected chi connectivity index (χ0v) is 7.34. The van der Waals surface area contributed by atoms with Gasteiger partial charge in [-0.05, 0) is 18.6 Å². The SMILES string of the molecule is Cc1cncc(C(=O)OCCl)c1. The van der Waals surface area contributed by atoms with Gasteiger partial charge in [0.25, 0.3) is 0 Å². The number of rotatable bonds is 2. The predicted molar refractivity (Wildman–Crippen MR) is 45.1 cm³/mol. The lowest BCUT2D eigenvalue weighted by molar-refractivity contribution is 0.0573. The van der Waals surface area contributed by atoms with Gasteiger partial charge in [-0.1, -0.05) is 11.6 Å². The second-order valence-corrected chi connectivity index (χ2v) is 2.51. The van der Waals surface area contributed by atoms with Gasteiger partial charge >= 0.3 is 5.97 Å². The molecule has 0 atom stereocenters. The summed E-state index contributed by atoms with van der Waals surface area (Å²) >= 11 is 5.22. The molecule has 1 aromatic heterocycles. The lowest BCUT2D eigenvalue weighted by atomic mass is 10.2. The average molecular weight is 186 g/mol. The molecule has 0 amide bonds. The molecule has 1 heterocycles. The van der Waals surface area contributed by atoms with Crippen LogP contribution in [0.25, 0.3) is 0 Å². The summed E-state index contributed by atoms with van der Waals surface area (Å²) in [6.07, 6.45) is 3.11. The van der Waals surface area contributed by atoms with E-state index in [2.05, 4.69) is 9.72 Å². The molecule has 0 N–H and O–H groups in total. The Morgan fingerprint density at radius 2 is 2.42 bits per heavy atom. The van der Waals surface area contributed by atoms with E-state index in [1.54, 1.807) is 12.3 Å². The molecule has 64 valence electrons. The van der Waals surface area contributed by atoms with Crippen molar-refractivity contribution in [3.63, 3.8) is 0 Å². The molecular formula is C8H8ClNO2. The number of hydrogen-bond donors (Lipinski definition) is 0. The van der Waals surface area contributed by atoms with Gasteiger partial charge in [0, 0.05) is 12.4 Å². The molecule has 0 aliphatic carbocycles. The minimum atomic E-state index is -0.443. The maximum absolute atomic E-state index is 11.1. The molecule has 0 radical (unpaired) electrons. The number of ether oxygens (including phenoxy) is 1. The van der Waals surface area contributed by atoms with Gasteiger partial charge in [-0.25, -0.2) is 4.79 Å². The Morgan fingerprint density at radius 1 is 1.67 bits per heavy atom. The third kappa shape index (κ3) is 2.20. The number of carbonyl (C=O) groups is 1. The van der Waals surface area contributed by atoms with E-state index in [1.165, 1.54) is 6.20 Å². The number of aryl methyl sites for hydroxylation is 1. The number of pyridine rings is 1. The first-order valence-corrected chi connectivity index (χ1v) is 3.92. The summed E-state index contributed by atoms with van der Waals surface area (Å²) in [4.78, 5) is 14.9. The molecule has 4 heteroatoms. The molecule has 12 heavy (non-hydrogen) atoms. The summed E-state index contributed by atoms with van der Waals surface area (Å²) in [7, 11) is 0. The summed E-state index contributed by atoms with van der Waals surface area (Å²) in [6, 6.07) is 1.56. The zero-order valence-electron chi connectivity index (χ0n) is 6.58. The van der Waals surface area contributed by atoms with Crippen LogP contribution < -0.4 is 0 Å². The van der Waals surface area contributed by atoms with E-state index in [-0.39, 0.29) is 6.07 Å². The highest BCUT2D eigenvalue weighted by molar-refractivity contribution is 6.17. The Morgan fingerprint density at radius 3 is 3.00 bits per heavy atom. The van der Waals surface area contributed by atoms with Crippen molar-refractivity contribution in [1.29, 1.82) is 0 Å². The Hall–Kier alpha value is -1.09. The Balaban J connectivity index is 2.81. The number of halogens is 1. The number of esters is 1. The van der Waals surface area contributed by atoms with Crippen molar-refractivity contribution in [2.75, 3.05) is 6.07 Å². The van der Waals surface area contributed by atoms with Crippen LogP contribution in [0.1, 0.15) is 15.9 Å². The van der Waals surface area contributed by atoms with Gasteiger partial charge in [-0.2, -0.15) is 0 Å². The standard InChI is InChI=1S/C8H8ClNO2/c1-6-2-7(4-10-3-6)8(11)12-5-9/h2-4H,5H2,1H3. The number of alkyl halides is 1. The predicted octanol–water partition coefficient (Wildman–Crippen LogP) is 1.74. The van der Waals surface area contributed by atoms with E-state index in [1.807, 2.05) is 6.92 Å². The summed E-state index contributed by atoms with van der Waals surface area (Å²) in [5.41, 5.74) is 1.34. The highest BCUT2D eigenvalue weighted by Crippen LogP contribution is 2.03. The smallest absolute Gasteiger partial charge is 0.340 e. The van der Waals surface area contributed by atoms with Gasteiger partial charge in [0.2, 0.25) is 0 Å². The first kappa shape index (κ1) is 9.00. The van der Waals surface area contributed by atoms with Crippen molar-refractivity contribution in [2.45, 2.75) is 6.92 Å². The van der Waals surface area contributed by atoms with Crippen LogP contribution in [0.15, 0.2) is 18.5 Å². The van der Waals surface area contributed by atoms with Crippen LogP contribution in [0, 0.1) is 6.92 Å². The molecule has 0 aromatic carbocycles. The minimum Gasteiger partial charge on any atom is -0.446 e. The van der Waals surface area contributed by atoms with Crippen LogP contribution in [0.2, 0.25) is 0 Å². The van der Waals surface area contributed by atoms with Crippen LogP contribution in [0.4, 0.5) is 0 Å². The minimum absolute atomic E-state index is 0.132. The Labute approximate surface area is 75.3 Å². The molecule has 0 saturated carbocycles. The maximum atomic E-state index is 11.1. The first-order valence-electron chi connectivity index (χ1n) is 3.39. The highest BCUT2D eigenvalue weighted by atomic mass is 35.5. The van der Waals surface area contributed by atoms with Crippen LogP contribution in [0.5, 0.6) is 0 Å². The number of aromatic nitrogens is 1. The molecule has 0 fully saturated rings. The molecule has 0 spiro atoms. The maximum Gasteiger partial charge on any atom is 0.340 e. The molecule has 3 nitrogen and oxygen atoms in total. The molecule has 0 saturated heterocycles. The summed E-state index contributed by atoms with van der Waals surface area (Å²) in [5.74, 6) is -0.443. The van der Waals surface area contributed by atoms with Crippen molar-refractivity contribution < 1.29 is 9.53 Å². The fourth-order valence-corrected chi connectivity index (χ4v) is 0.899. The van der Waals surface area contributed by atoms with E-state index < -0.39 is 5.97 Å². The highest BCUT2D eigenvalue weighted by Gasteiger charge is 2.05. The van der Waals surface area contributed by atoms with Crippen molar-refractivity contribution in [3.05, 3.63) is 29.6 Å². The van der Waals surface area contributed by atoms with E-state index in [0.29, 0.717) is 5.56 Å².